The van der Waals surface area contributed by atoms with Gasteiger partial charge in [-0.3, -0.25) is 4.57 Å². The van der Waals surface area contributed by atoms with Crippen LogP contribution in [-0.4, -0.2) is 19.1 Å². The Morgan fingerprint density at radius 3 is 1.62 bits per heavy atom. The van der Waals surface area contributed by atoms with Gasteiger partial charge in [-0.05, 0) is 83.4 Å². The summed E-state index contributed by atoms with van der Waals surface area (Å²) in [6, 6.07) is 72.6. The minimum absolute atomic E-state index is 0.577. The minimum atomic E-state index is 0.577. The Bertz CT molecular complexity index is 4190. The smallest absolute Gasteiger partial charge is 0.236 e. The van der Waals surface area contributed by atoms with E-state index >= 15 is 0 Å². The molecule has 0 atom stereocenters. The Balaban J connectivity index is 0.970. The third-order valence-electron chi connectivity index (χ3n) is 13.0. The monoisotopic (exact) mass is 818 g/mol. The van der Waals surface area contributed by atoms with Crippen molar-refractivity contribution in [1.82, 2.24) is 19.1 Å². The molecule has 5 aromatic heterocycles. The molecule has 5 heterocycles. The molecule has 0 amide bonds. The fourth-order valence-corrected chi connectivity index (χ4v) is 10.0. The van der Waals surface area contributed by atoms with Gasteiger partial charge in [0.1, 0.15) is 28.0 Å². The summed E-state index contributed by atoms with van der Waals surface area (Å²) in [5, 5.41) is 7.81. The summed E-state index contributed by atoms with van der Waals surface area (Å²) < 4.78 is 17.7. The minimum Gasteiger partial charge on any atom is -0.455 e. The zero-order chi connectivity index (χ0) is 41.9. The maximum Gasteiger partial charge on any atom is 0.236 e. The summed E-state index contributed by atoms with van der Waals surface area (Å²) in [6.07, 6.45) is 0. The SMILES string of the molecule is c1ccc(-c2nc(-n3c4ccccc4c4cc(-c5ccc6c(c5)c5ccccc5n6-c5ccccc5)ccc43)nc3c2oc2ccc(-c4cccc5c4oc4ccccc45)cc23)cc1. The fourth-order valence-electron chi connectivity index (χ4n) is 10.0. The largest absolute Gasteiger partial charge is 0.455 e. The third-order valence-corrected chi connectivity index (χ3v) is 13.0. The Morgan fingerprint density at radius 1 is 0.328 bits per heavy atom. The molecule has 0 saturated heterocycles. The number of para-hydroxylation sites is 5. The molecule has 0 aliphatic heterocycles. The topological polar surface area (TPSA) is 61.9 Å². The predicted octanol–water partition coefficient (Wildman–Crippen LogP) is 15.5. The maximum atomic E-state index is 6.70. The van der Waals surface area contributed by atoms with Crippen molar-refractivity contribution in [3.8, 4) is 45.1 Å². The molecule has 14 aromatic rings. The summed E-state index contributed by atoms with van der Waals surface area (Å²) in [5.74, 6) is 0.577. The van der Waals surface area contributed by atoms with Crippen molar-refractivity contribution in [3.63, 3.8) is 0 Å². The van der Waals surface area contributed by atoms with Gasteiger partial charge in [0.15, 0.2) is 5.58 Å². The molecule has 0 fully saturated rings. The highest BCUT2D eigenvalue weighted by molar-refractivity contribution is 6.14. The number of rotatable bonds is 5. The lowest BCUT2D eigenvalue weighted by atomic mass is 10.0. The Kier molecular flexibility index (Phi) is 7.30. The number of hydrogen-bond acceptors (Lipinski definition) is 4. The van der Waals surface area contributed by atoms with Crippen LogP contribution in [0.15, 0.2) is 215 Å². The van der Waals surface area contributed by atoms with Crippen molar-refractivity contribution in [2.24, 2.45) is 0 Å². The molecule has 0 N–H and O–H groups in total. The van der Waals surface area contributed by atoms with E-state index in [2.05, 4.69) is 179 Å². The molecular weight excluding hydrogens is 785 g/mol. The molecule has 0 saturated carbocycles. The van der Waals surface area contributed by atoms with Gasteiger partial charge in [-0.2, -0.15) is 0 Å². The number of fused-ring (bicyclic) bond motifs is 12. The first-order valence-electron chi connectivity index (χ1n) is 21.6. The first-order valence-corrected chi connectivity index (χ1v) is 21.6. The quantitative estimate of drug-likeness (QED) is 0.174. The molecule has 0 bridgehead atoms. The van der Waals surface area contributed by atoms with Crippen LogP contribution in [0, 0.1) is 0 Å². The van der Waals surface area contributed by atoms with Crippen LogP contribution in [-0.2, 0) is 0 Å². The first-order chi connectivity index (χ1) is 31.7. The van der Waals surface area contributed by atoms with E-state index in [4.69, 9.17) is 18.8 Å². The van der Waals surface area contributed by atoms with E-state index in [0.717, 1.165) is 99.4 Å². The Morgan fingerprint density at radius 2 is 0.875 bits per heavy atom. The molecule has 9 aromatic carbocycles. The summed E-state index contributed by atoms with van der Waals surface area (Å²) in [7, 11) is 0. The van der Waals surface area contributed by atoms with E-state index in [1.54, 1.807) is 0 Å². The number of nitrogens with zero attached hydrogens (tertiary/aromatic N) is 4. The Labute approximate surface area is 365 Å². The average molecular weight is 819 g/mol. The summed E-state index contributed by atoms with van der Waals surface area (Å²) in [6.45, 7) is 0. The number of hydrogen-bond donors (Lipinski definition) is 0. The van der Waals surface area contributed by atoms with Gasteiger partial charge in [0.2, 0.25) is 5.95 Å². The van der Waals surface area contributed by atoms with Crippen LogP contribution in [0.25, 0.3) is 133 Å². The van der Waals surface area contributed by atoms with E-state index < -0.39 is 0 Å². The van der Waals surface area contributed by atoms with Crippen molar-refractivity contribution in [3.05, 3.63) is 206 Å². The highest BCUT2D eigenvalue weighted by Crippen LogP contribution is 2.42. The van der Waals surface area contributed by atoms with Crippen molar-refractivity contribution in [2.45, 2.75) is 0 Å². The standard InChI is InChI=1S/C58H34N4O2/c1-3-14-35(15-4-1)54-57-55(47-34-38(28-31-53(47)64-57)40-21-13-22-44-43-20-9-12-25-52(43)63-56(40)44)60-58(59-54)62-49-24-11-8-19-42(49)46-33-37(27-30-51(46)62)36-26-29-50-45(32-36)41-18-7-10-23-48(41)61(50)39-16-5-2-6-17-39/h1-34H. The van der Waals surface area contributed by atoms with Gasteiger partial charge < -0.3 is 13.4 Å². The highest BCUT2D eigenvalue weighted by Gasteiger charge is 2.23. The van der Waals surface area contributed by atoms with Crippen LogP contribution >= 0.6 is 0 Å². The van der Waals surface area contributed by atoms with Crippen LogP contribution < -0.4 is 0 Å². The maximum absolute atomic E-state index is 6.70. The van der Waals surface area contributed by atoms with E-state index in [-0.39, 0.29) is 0 Å². The number of furan rings is 2. The second-order valence-electron chi connectivity index (χ2n) is 16.5. The third kappa shape index (κ3) is 5.08. The summed E-state index contributed by atoms with van der Waals surface area (Å²) in [5.41, 5.74) is 15.5. The summed E-state index contributed by atoms with van der Waals surface area (Å²) >= 11 is 0. The first kappa shape index (κ1) is 34.9. The van der Waals surface area contributed by atoms with Crippen LogP contribution in [0.4, 0.5) is 0 Å². The summed E-state index contributed by atoms with van der Waals surface area (Å²) in [4.78, 5) is 10.8. The number of benzene rings is 9. The lowest BCUT2D eigenvalue weighted by Crippen LogP contribution is -2.02. The van der Waals surface area contributed by atoms with Gasteiger partial charge in [0.25, 0.3) is 0 Å². The molecule has 0 spiro atoms. The lowest BCUT2D eigenvalue weighted by Gasteiger charge is -2.10. The van der Waals surface area contributed by atoms with Gasteiger partial charge in [0.05, 0.1) is 22.1 Å². The lowest BCUT2D eigenvalue weighted by molar-refractivity contribution is 0.666. The normalized spacial score (nSPS) is 12.1. The predicted molar refractivity (Wildman–Crippen MR) is 262 cm³/mol. The molecule has 0 aliphatic rings. The van der Waals surface area contributed by atoms with Crippen molar-refractivity contribution in [2.75, 3.05) is 0 Å². The van der Waals surface area contributed by atoms with E-state index in [1.165, 1.54) is 21.8 Å². The van der Waals surface area contributed by atoms with Crippen molar-refractivity contribution in [1.29, 1.82) is 0 Å². The average Bonchev–Trinajstić information content (AvgIpc) is 4.11. The van der Waals surface area contributed by atoms with E-state index in [1.807, 2.05) is 36.4 Å². The second-order valence-corrected chi connectivity index (χ2v) is 16.5. The molecule has 6 heteroatoms. The van der Waals surface area contributed by atoms with Gasteiger partial charge in [-0.1, -0.05) is 140 Å². The van der Waals surface area contributed by atoms with Gasteiger partial charge in [-0.25, -0.2) is 9.97 Å². The zero-order valence-corrected chi connectivity index (χ0v) is 34.2. The zero-order valence-electron chi connectivity index (χ0n) is 34.2. The van der Waals surface area contributed by atoms with Crippen LogP contribution in [0.5, 0.6) is 0 Å². The van der Waals surface area contributed by atoms with E-state index in [9.17, 15) is 0 Å². The van der Waals surface area contributed by atoms with Crippen molar-refractivity contribution < 1.29 is 8.83 Å². The highest BCUT2D eigenvalue weighted by atomic mass is 16.3. The molecule has 0 radical (unpaired) electrons. The van der Waals surface area contributed by atoms with Crippen LogP contribution in [0.1, 0.15) is 0 Å². The molecule has 0 aliphatic carbocycles. The second kappa shape index (κ2) is 13.4. The number of aromatic nitrogens is 4. The Hall–Kier alpha value is -8.74. The van der Waals surface area contributed by atoms with E-state index in [0.29, 0.717) is 11.5 Å². The molecule has 6 nitrogen and oxygen atoms in total. The van der Waals surface area contributed by atoms with Crippen LogP contribution in [0.3, 0.4) is 0 Å². The molecule has 64 heavy (non-hydrogen) atoms. The van der Waals surface area contributed by atoms with Gasteiger partial charge in [0, 0.05) is 54.5 Å². The van der Waals surface area contributed by atoms with Gasteiger partial charge in [-0.15, -0.1) is 0 Å². The van der Waals surface area contributed by atoms with Gasteiger partial charge >= 0.3 is 0 Å². The fraction of sp³-hybridized carbons (Fsp3) is 0. The molecule has 298 valence electrons. The molecule has 0 unspecified atom stereocenters. The van der Waals surface area contributed by atoms with Crippen molar-refractivity contribution >= 4 is 87.6 Å². The molecule has 14 rings (SSSR count). The molecular formula is C58H34N4O2. The van der Waals surface area contributed by atoms with Crippen LogP contribution in [0.2, 0.25) is 0 Å².